The van der Waals surface area contributed by atoms with Gasteiger partial charge >= 0.3 is 0 Å². The van der Waals surface area contributed by atoms with Gasteiger partial charge in [-0.15, -0.1) is 17.9 Å². The first kappa shape index (κ1) is 17.1. The van der Waals surface area contributed by atoms with Crippen LogP contribution in [-0.4, -0.2) is 20.8 Å². The summed E-state index contributed by atoms with van der Waals surface area (Å²) < 4.78 is 2.71. The molecule has 6 heteroatoms. The van der Waals surface area contributed by atoms with Crippen LogP contribution in [0.5, 0.6) is 0 Å². The molecule has 0 fully saturated rings. The van der Waals surface area contributed by atoms with Crippen molar-refractivity contribution in [1.29, 1.82) is 0 Å². The smallest absolute Gasteiger partial charge is 0.258 e. The van der Waals surface area contributed by atoms with Gasteiger partial charge in [-0.3, -0.25) is 14.1 Å². The van der Waals surface area contributed by atoms with Gasteiger partial charge in [-0.1, -0.05) is 12.1 Å². The van der Waals surface area contributed by atoms with Gasteiger partial charge in [0, 0.05) is 36.8 Å². The van der Waals surface area contributed by atoms with E-state index in [4.69, 9.17) is 0 Å². The zero-order valence-corrected chi connectivity index (χ0v) is 15.8. The number of hydrogen-bond donors (Lipinski definition) is 0. The molecule has 124 valence electrons. The van der Waals surface area contributed by atoms with Crippen molar-refractivity contribution in [1.82, 2.24) is 14.3 Å². The maximum Gasteiger partial charge on any atom is 0.258 e. The van der Waals surface area contributed by atoms with E-state index in [0.29, 0.717) is 12.2 Å². The van der Waals surface area contributed by atoms with Gasteiger partial charge in [0.25, 0.3) is 5.56 Å². The Kier molecular flexibility index (Phi) is 5.28. The van der Waals surface area contributed by atoms with E-state index < -0.39 is 0 Å². The second-order valence-corrected chi connectivity index (χ2v) is 8.23. The number of aromatic nitrogens is 2. The maximum absolute atomic E-state index is 12.3. The molecule has 0 N–H and O–H groups in total. The lowest BCUT2D eigenvalue weighted by molar-refractivity contribution is 0.285. The van der Waals surface area contributed by atoms with E-state index in [0.717, 1.165) is 28.1 Å². The van der Waals surface area contributed by atoms with Crippen LogP contribution in [0, 0.1) is 6.92 Å². The molecular weight excluding hydrogens is 386 g/mol. The van der Waals surface area contributed by atoms with Gasteiger partial charge in [-0.2, -0.15) is 0 Å². The Labute approximate surface area is 153 Å². The molecule has 24 heavy (non-hydrogen) atoms. The van der Waals surface area contributed by atoms with Gasteiger partial charge in [0.15, 0.2) is 0 Å². The molecule has 3 aromatic rings. The molecule has 0 aromatic carbocycles. The van der Waals surface area contributed by atoms with Crippen molar-refractivity contribution in [3.63, 3.8) is 0 Å². The quantitative estimate of drug-likeness (QED) is 0.583. The van der Waals surface area contributed by atoms with Crippen LogP contribution in [0.4, 0.5) is 0 Å². The Bertz CT molecular complexity index is 931. The number of nitrogens with zero attached hydrogens (tertiary/aromatic N) is 3. The summed E-state index contributed by atoms with van der Waals surface area (Å²) in [6.07, 6.45) is 3.69. The zero-order chi connectivity index (χ0) is 17.1. The molecule has 0 bridgehead atoms. The summed E-state index contributed by atoms with van der Waals surface area (Å²) in [5.41, 5.74) is 2.45. The molecule has 0 spiro atoms. The fourth-order valence-corrected chi connectivity index (χ4v) is 4.12. The number of fused-ring (bicyclic) bond motifs is 1. The summed E-state index contributed by atoms with van der Waals surface area (Å²) in [5, 5.41) is 0. The van der Waals surface area contributed by atoms with Gasteiger partial charge in [-0.05, 0) is 46.6 Å². The Morgan fingerprint density at radius 1 is 1.33 bits per heavy atom. The summed E-state index contributed by atoms with van der Waals surface area (Å²) in [6.45, 7) is 7.95. The molecule has 3 aromatic heterocycles. The summed E-state index contributed by atoms with van der Waals surface area (Å²) in [4.78, 5) is 20.4. The minimum absolute atomic E-state index is 0.0453. The molecule has 0 saturated heterocycles. The summed E-state index contributed by atoms with van der Waals surface area (Å²) in [5.74, 6) is 0. The van der Waals surface area contributed by atoms with Crippen molar-refractivity contribution < 1.29 is 0 Å². The van der Waals surface area contributed by atoms with Gasteiger partial charge in [0.1, 0.15) is 5.65 Å². The van der Waals surface area contributed by atoms with Crippen molar-refractivity contribution in [3.05, 3.63) is 79.5 Å². The SMILES string of the molecule is C=CCN(Cc1cc(=O)n2cc(C)ccc2n1)Cc1ccc(Br)s1. The second-order valence-electron chi connectivity index (χ2n) is 5.68. The Balaban J connectivity index is 1.86. The predicted octanol–water partition coefficient (Wildman–Crippen LogP) is 4.02. The third-order valence-corrected chi connectivity index (χ3v) is 5.25. The van der Waals surface area contributed by atoms with Crippen molar-refractivity contribution >= 4 is 32.9 Å². The van der Waals surface area contributed by atoms with Crippen LogP contribution in [0.15, 0.2) is 57.8 Å². The highest BCUT2D eigenvalue weighted by Gasteiger charge is 2.10. The molecule has 3 rings (SSSR count). The van der Waals surface area contributed by atoms with Gasteiger partial charge in [-0.25, -0.2) is 4.98 Å². The number of halogens is 1. The van der Waals surface area contributed by atoms with Crippen LogP contribution < -0.4 is 5.56 Å². The van der Waals surface area contributed by atoms with E-state index in [1.54, 1.807) is 21.8 Å². The summed E-state index contributed by atoms with van der Waals surface area (Å²) >= 11 is 5.21. The lowest BCUT2D eigenvalue weighted by Gasteiger charge is -2.19. The van der Waals surface area contributed by atoms with Crippen molar-refractivity contribution in [2.24, 2.45) is 0 Å². The molecular formula is C18H18BrN3OS. The first-order valence-electron chi connectivity index (χ1n) is 7.61. The van der Waals surface area contributed by atoms with E-state index in [-0.39, 0.29) is 5.56 Å². The fourth-order valence-electron chi connectivity index (χ4n) is 2.59. The van der Waals surface area contributed by atoms with E-state index in [9.17, 15) is 4.79 Å². The normalized spacial score (nSPS) is 11.3. The Hall–Kier alpha value is -1.76. The lowest BCUT2D eigenvalue weighted by atomic mass is 10.3. The molecule has 3 heterocycles. The summed E-state index contributed by atoms with van der Waals surface area (Å²) in [7, 11) is 0. The topological polar surface area (TPSA) is 37.6 Å². The van der Waals surface area contributed by atoms with Crippen LogP contribution in [0.3, 0.4) is 0 Å². The molecule has 0 aliphatic rings. The third-order valence-electron chi connectivity index (χ3n) is 3.64. The first-order chi connectivity index (χ1) is 11.5. The molecule has 0 saturated carbocycles. The number of pyridine rings is 1. The van der Waals surface area contributed by atoms with Crippen LogP contribution >= 0.6 is 27.3 Å². The lowest BCUT2D eigenvalue weighted by Crippen LogP contribution is -2.25. The number of thiophene rings is 1. The average Bonchev–Trinajstić information content (AvgIpc) is 2.93. The highest BCUT2D eigenvalue weighted by molar-refractivity contribution is 9.11. The second kappa shape index (κ2) is 7.42. The monoisotopic (exact) mass is 403 g/mol. The molecule has 0 unspecified atom stereocenters. The number of aryl methyl sites for hydroxylation is 1. The summed E-state index contributed by atoms with van der Waals surface area (Å²) in [6, 6.07) is 9.63. The van der Waals surface area contributed by atoms with Gasteiger partial charge in [0.05, 0.1) is 9.48 Å². The third kappa shape index (κ3) is 4.01. The standard InChI is InChI=1S/C18H18BrN3OS/c1-3-8-21(12-15-5-6-16(19)24-15)11-14-9-18(23)22-10-13(2)4-7-17(22)20-14/h3-7,9-10H,1,8,11-12H2,2H3. The van der Waals surface area contributed by atoms with E-state index in [2.05, 4.69) is 44.5 Å². The van der Waals surface area contributed by atoms with Crippen molar-refractivity contribution in [3.8, 4) is 0 Å². The maximum atomic E-state index is 12.3. The first-order valence-corrected chi connectivity index (χ1v) is 9.22. The van der Waals surface area contributed by atoms with Crippen molar-refractivity contribution in [2.75, 3.05) is 6.54 Å². The minimum Gasteiger partial charge on any atom is -0.289 e. The van der Waals surface area contributed by atoms with Crippen LogP contribution in [0.1, 0.15) is 16.1 Å². The average molecular weight is 404 g/mol. The predicted molar refractivity (Wildman–Crippen MR) is 103 cm³/mol. The molecule has 0 amide bonds. The van der Waals surface area contributed by atoms with E-state index >= 15 is 0 Å². The van der Waals surface area contributed by atoms with Crippen molar-refractivity contribution in [2.45, 2.75) is 20.0 Å². The number of hydrogen-bond acceptors (Lipinski definition) is 4. The molecule has 0 radical (unpaired) electrons. The minimum atomic E-state index is -0.0453. The van der Waals surface area contributed by atoms with Crippen LogP contribution in [0.2, 0.25) is 0 Å². The highest BCUT2D eigenvalue weighted by atomic mass is 79.9. The van der Waals surface area contributed by atoms with E-state index in [1.165, 1.54) is 4.88 Å². The molecule has 0 aliphatic heterocycles. The van der Waals surface area contributed by atoms with Crippen LogP contribution in [-0.2, 0) is 13.1 Å². The van der Waals surface area contributed by atoms with E-state index in [1.807, 2.05) is 31.3 Å². The number of rotatable bonds is 6. The Morgan fingerprint density at radius 2 is 2.17 bits per heavy atom. The molecule has 0 aliphatic carbocycles. The zero-order valence-electron chi connectivity index (χ0n) is 13.4. The van der Waals surface area contributed by atoms with Gasteiger partial charge < -0.3 is 0 Å². The fraction of sp³-hybridized carbons (Fsp3) is 0.222. The molecule has 0 atom stereocenters. The largest absolute Gasteiger partial charge is 0.289 e. The Morgan fingerprint density at radius 3 is 2.88 bits per heavy atom. The van der Waals surface area contributed by atoms with Gasteiger partial charge in [0.2, 0.25) is 0 Å². The molecule has 4 nitrogen and oxygen atoms in total. The highest BCUT2D eigenvalue weighted by Crippen LogP contribution is 2.23. The van der Waals surface area contributed by atoms with Crippen LogP contribution in [0.25, 0.3) is 5.65 Å².